The summed E-state index contributed by atoms with van der Waals surface area (Å²) in [5.74, 6) is 1.57. The number of benzene rings is 1. The molecule has 0 saturated carbocycles. The Bertz CT molecular complexity index is 448. The molecule has 0 aliphatic carbocycles. The average molecular weight is 277 g/mol. The van der Waals surface area contributed by atoms with Crippen LogP contribution in [0.4, 0.5) is 5.69 Å². The lowest BCUT2D eigenvalue weighted by Gasteiger charge is -2.27. The van der Waals surface area contributed by atoms with Crippen molar-refractivity contribution in [1.29, 1.82) is 0 Å². The lowest BCUT2D eigenvalue weighted by molar-refractivity contribution is -0.907. The van der Waals surface area contributed by atoms with E-state index in [0.717, 1.165) is 18.2 Å². The summed E-state index contributed by atoms with van der Waals surface area (Å²) in [5, 5.41) is 2.93. The summed E-state index contributed by atoms with van der Waals surface area (Å²) in [6, 6.07) is 7.52. The number of amides is 1. The van der Waals surface area contributed by atoms with Crippen LogP contribution in [-0.2, 0) is 4.79 Å². The van der Waals surface area contributed by atoms with Crippen LogP contribution in [0.5, 0.6) is 5.75 Å². The molecule has 1 heterocycles. The lowest BCUT2D eigenvalue weighted by atomic mass is 10.0. The van der Waals surface area contributed by atoms with Gasteiger partial charge in [0, 0.05) is 5.92 Å². The highest BCUT2D eigenvalue weighted by molar-refractivity contribution is 5.92. The van der Waals surface area contributed by atoms with E-state index in [1.807, 2.05) is 24.3 Å². The third-order valence-corrected chi connectivity index (χ3v) is 3.95. The number of hydrogen-bond donors (Lipinski definition) is 2. The smallest absolute Gasteiger partial charge is 0.230 e. The van der Waals surface area contributed by atoms with Gasteiger partial charge in [-0.3, -0.25) is 4.79 Å². The van der Waals surface area contributed by atoms with E-state index in [9.17, 15) is 4.79 Å². The first-order valence-electron chi connectivity index (χ1n) is 7.45. The monoisotopic (exact) mass is 277 g/mol. The maximum absolute atomic E-state index is 12.0. The van der Waals surface area contributed by atoms with Gasteiger partial charge in [-0.05, 0) is 25.0 Å². The zero-order chi connectivity index (χ0) is 14.4. The average Bonchev–Trinajstić information content (AvgIpc) is 2.46. The van der Waals surface area contributed by atoms with Crippen molar-refractivity contribution in [2.24, 2.45) is 5.92 Å². The van der Waals surface area contributed by atoms with Crippen LogP contribution in [0.15, 0.2) is 24.3 Å². The van der Waals surface area contributed by atoms with Crippen molar-refractivity contribution in [3.63, 3.8) is 0 Å². The fraction of sp³-hybridized carbons (Fsp3) is 0.562. The molecule has 4 heteroatoms. The number of rotatable bonds is 5. The van der Waals surface area contributed by atoms with Gasteiger partial charge in [-0.1, -0.05) is 19.1 Å². The van der Waals surface area contributed by atoms with Crippen LogP contribution >= 0.6 is 0 Å². The minimum atomic E-state index is 0.0697. The van der Waals surface area contributed by atoms with Gasteiger partial charge in [0.25, 0.3) is 0 Å². The second kappa shape index (κ2) is 7.29. The molecular weight excluding hydrogens is 252 g/mol. The third kappa shape index (κ3) is 4.23. The van der Waals surface area contributed by atoms with Crippen LogP contribution in [-0.4, -0.2) is 32.7 Å². The molecule has 0 bridgehead atoms. The molecule has 1 aliphatic heterocycles. The Labute approximate surface area is 121 Å². The number of methoxy groups -OCH3 is 1. The van der Waals surface area contributed by atoms with Gasteiger partial charge in [0.05, 0.1) is 38.9 Å². The molecule has 1 aromatic carbocycles. The van der Waals surface area contributed by atoms with Gasteiger partial charge in [0.15, 0.2) is 0 Å². The van der Waals surface area contributed by atoms with Crippen molar-refractivity contribution in [2.45, 2.75) is 26.2 Å². The molecule has 2 atom stereocenters. The van der Waals surface area contributed by atoms with E-state index in [1.54, 1.807) is 12.0 Å². The van der Waals surface area contributed by atoms with Crippen LogP contribution in [0.3, 0.4) is 0 Å². The zero-order valence-electron chi connectivity index (χ0n) is 12.4. The quantitative estimate of drug-likeness (QED) is 0.853. The van der Waals surface area contributed by atoms with E-state index in [-0.39, 0.29) is 5.91 Å². The van der Waals surface area contributed by atoms with Crippen molar-refractivity contribution in [2.75, 3.05) is 32.1 Å². The number of carbonyl (C=O) groups is 1. The molecule has 1 fully saturated rings. The Kier molecular flexibility index (Phi) is 5.41. The largest absolute Gasteiger partial charge is 0.495 e. The predicted molar refractivity (Wildman–Crippen MR) is 80.2 cm³/mol. The summed E-state index contributed by atoms with van der Waals surface area (Å²) in [4.78, 5) is 13.6. The summed E-state index contributed by atoms with van der Waals surface area (Å²) in [7, 11) is 1.62. The molecule has 1 amide bonds. The Hall–Kier alpha value is -1.55. The number of para-hydroxylation sites is 2. The minimum Gasteiger partial charge on any atom is -0.495 e. The van der Waals surface area contributed by atoms with E-state index < -0.39 is 0 Å². The number of nitrogens with one attached hydrogen (secondary N) is 2. The third-order valence-electron chi connectivity index (χ3n) is 3.95. The molecule has 1 aliphatic rings. The fourth-order valence-corrected chi connectivity index (χ4v) is 2.88. The Balaban J connectivity index is 1.80. The summed E-state index contributed by atoms with van der Waals surface area (Å²) in [5.41, 5.74) is 0.752. The zero-order valence-corrected chi connectivity index (χ0v) is 12.4. The van der Waals surface area contributed by atoms with Crippen molar-refractivity contribution >= 4 is 11.6 Å². The molecule has 4 nitrogen and oxygen atoms in total. The van der Waals surface area contributed by atoms with Crippen LogP contribution in [0.1, 0.15) is 26.2 Å². The first-order chi connectivity index (χ1) is 9.69. The Morgan fingerprint density at radius 1 is 1.45 bits per heavy atom. The van der Waals surface area contributed by atoms with Gasteiger partial charge in [0.1, 0.15) is 5.75 Å². The fourth-order valence-electron chi connectivity index (χ4n) is 2.88. The highest BCUT2D eigenvalue weighted by atomic mass is 16.5. The minimum absolute atomic E-state index is 0.0697. The number of ether oxygens (including phenoxy) is 1. The molecule has 0 radical (unpaired) electrons. The highest BCUT2D eigenvalue weighted by Gasteiger charge is 2.20. The molecular formula is C16H25N2O2+. The number of quaternary nitrogens is 1. The van der Waals surface area contributed by atoms with Gasteiger partial charge >= 0.3 is 0 Å². The van der Waals surface area contributed by atoms with Gasteiger partial charge < -0.3 is 15.0 Å². The maximum Gasteiger partial charge on any atom is 0.230 e. The van der Waals surface area contributed by atoms with Gasteiger partial charge in [-0.15, -0.1) is 0 Å². The van der Waals surface area contributed by atoms with E-state index in [2.05, 4.69) is 12.2 Å². The summed E-state index contributed by atoms with van der Waals surface area (Å²) >= 11 is 0. The molecule has 1 unspecified atom stereocenters. The van der Waals surface area contributed by atoms with Crippen molar-refractivity contribution in [3.8, 4) is 5.75 Å². The molecule has 0 aromatic heterocycles. The standard InChI is InChI=1S/C16H24N2O2/c1-13-6-5-10-18(12-13)11-9-16(19)17-14-7-3-4-8-15(14)20-2/h3-4,7-8,13H,5-6,9-12H2,1-2H3,(H,17,19)/p+1/t13-/m1/s1. The summed E-state index contributed by atoms with van der Waals surface area (Å²) in [6.45, 7) is 5.62. The molecule has 1 saturated heterocycles. The first-order valence-corrected chi connectivity index (χ1v) is 7.45. The molecule has 0 spiro atoms. The number of likely N-dealkylation sites (tertiary alicyclic amines) is 1. The SMILES string of the molecule is COc1ccccc1NC(=O)CC[NH+]1CCC[C@@H](C)C1. The number of anilines is 1. The lowest BCUT2D eigenvalue weighted by Crippen LogP contribution is -3.13. The van der Waals surface area contributed by atoms with Gasteiger partial charge in [-0.25, -0.2) is 0 Å². The maximum atomic E-state index is 12.0. The van der Waals surface area contributed by atoms with Crippen LogP contribution in [0.2, 0.25) is 0 Å². The van der Waals surface area contributed by atoms with Crippen molar-refractivity contribution in [3.05, 3.63) is 24.3 Å². The van der Waals surface area contributed by atoms with Crippen LogP contribution < -0.4 is 15.0 Å². The van der Waals surface area contributed by atoms with Crippen LogP contribution in [0, 0.1) is 5.92 Å². The summed E-state index contributed by atoms with van der Waals surface area (Å²) in [6.07, 6.45) is 3.18. The Morgan fingerprint density at radius 3 is 3.00 bits per heavy atom. The van der Waals surface area contributed by atoms with Gasteiger partial charge in [0.2, 0.25) is 5.91 Å². The number of piperidine rings is 1. The normalized spacial score (nSPS) is 22.3. The molecule has 2 rings (SSSR count). The number of carbonyl (C=O) groups excluding carboxylic acids is 1. The van der Waals surface area contributed by atoms with Gasteiger partial charge in [-0.2, -0.15) is 0 Å². The van der Waals surface area contributed by atoms with E-state index in [1.165, 1.54) is 25.9 Å². The van der Waals surface area contributed by atoms with E-state index >= 15 is 0 Å². The summed E-state index contributed by atoms with van der Waals surface area (Å²) < 4.78 is 5.23. The second-order valence-electron chi connectivity index (χ2n) is 5.70. The first kappa shape index (κ1) is 14.9. The van der Waals surface area contributed by atoms with Crippen molar-refractivity contribution < 1.29 is 14.4 Å². The van der Waals surface area contributed by atoms with Crippen molar-refractivity contribution in [1.82, 2.24) is 0 Å². The predicted octanol–water partition coefficient (Wildman–Crippen LogP) is 1.34. The molecule has 110 valence electrons. The molecule has 20 heavy (non-hydrogen) atoms. The second-order valence-corrected chi connectivity index (χ2v) is 5.70. The topological polar surface area (TPSA) is 42.8 Å². The van der Waals surface area contributed by atoms with Crippen LogP contribution in [0.25, 0.3) is 0 Å². The van der Waals surface area contributed by atoms with E-state index in [0.29, 0.717) is 12.2 Å². The number of hydrogen-bond acceptors (Lipinski definition) is 2. The highest BCUT2D eigenvalue weighted by Crippen LogP contribution is 2.22. The molecule has 1 aromatic rings. The Morgan fingerprint density at radius 2 is 2.25 bits per heavy atom. The molecule has 2 N–H and O–H groups in total. The van der Waals surface area contributed by atoms with E-state index in [4.69, 9.17) is 4.74 Å².